The van der Waals surface area contributed by atoms with E-state index in [0.717, 1.165) is 46.4 Å². The Morgan fingerprint density at radius 2 is 1.74 bits per heavy atom. The lowest BCUT2D eigenvalue weighted by molar-refractivity contribution is 0.469. The molecule has 0 radical (unpaired) electrons. The standard InChI is InChI=1S/C15H18O.C9H11N.C5H6/c1-5-7-11(3)12(4)14-8-9-15(16)13(6-2)10-14;1-2-5-8-6-3-4-7-9(8)10;1-3-5-4-2/h5,7-10,16H,1,4,6H2,2-3H3;2-4,6-7H,1,5,10H2;3,5H,1-2H2/b11-7+;;. The summed E-state index contributed by atoms with van der Waals surface area (Å²) in [5, 5.41) is 9.60. The summed E-state index contributed by atoms with van der Waals surface area (Å²) in [6, 6.07) is 13.4. The lowest BCUT2D eigenvalue weighted by atomic mass is 9.97. The Hall–Kier alpha value is -3.74. The minimum absolute atomic E-state index is 0.351. The van der Waals surface area contributed by atoms with E-state index >= 15 is 0 Å². The van der Waals surface area contributed by atoms with E-state index in [9.17, 15) is 5.11 Å². The fourth-order valence-electron chi connectivity index (χ4n) is 2.52. The first kappa shape index (κ1) is 27.3. The molecule has 2 aromatic carbocycles. The van der Waals surface area contributed by atoms with E-state index in [1.807, 2.05) is 62.4 Å². The molecule has 0 aliphatic carbocycles. The Bertz CT molecular complexity index is 956. The molecule has 0 aromatic heterocycles. The smallest absolute Gasteiger partial charge is 0.118 e. The quantitative estimate of drug-likeness (QED) is 0.212. The highest BCUT2D eigenvalue weighted by Gasteiger charge is 2.04. The average molecular weight is 414 g/mol. The maximum Gasteiger partial charge on any atom is 0.118 e. The molecular formula is C29H35NO. The third-order valence-corrected chi connectivity index (χ3v) is 4.31. The Morgan fingerprint density at radius 1 is 1.06 bits per heavy atom. The zero-order valence-electron chi connectivity index (χ0n) is 18.9. The number of hydrogen-bond acceptors (Lipinski definition) is 2. The third-order valence-electron chi connectivity index (χ3n) is 4.31. The number of hydrogen-bond donors (Lipinski definition) is 2. The number of anilines is 1. The van der Waals surface area contributed by atoms with Crippen molar-refractivity contribution in [2.24, 2.45) is 0 Å². The summed E-state index contributed by atoms with van der Waals surface area (Å²) in [5.41, 5.74) is 14.2. The number of aromatic hydroxyl groups is 1. The van der Waals surface area contributed by atoms with Crippen LogP contribution in [0.15, 0.2) is 117 Å². The number of phenolic OH excluding ortho intramolecular Hbond substituents is 1. The summed E-state index contributed by atoms with van der Waals surface area (Å²) >= 11 is 0. The molecule has 0 bridgehead atoms. The van der Waals surface area contributed by atoms with Gasteiger partial charge in [-0.3, -0.25) is 0 Å². The van der Waals surface area contributed by atoms with Crippen LogP contribution in [-0.4, -0.2) is 5.11 Å². The van der Waals surface area contributed by atoms with Gasteiger partial charge in [0.1, 0.15) is 5.75 Å². The van der Waals surface area contributed by atoms with Gasteiger partial charge in [0.05, 0.1) is 0 Å². The van der Waals surface area contributed by atoms with Crippen molar-refractivity contribution in [3.63, 3.8) is 0 Å². The maximum absolute atomic E-state index is 9.60. The zero-order chi connectivity index (χ0) is 23.6. The second kappa shape index (κ2) is 16.1. The van der Waals surface area contributed by atoms with E-state index in [-0.39, 0.29) is 0 Å². The molecule has 2 aromatic rings. The van der Waals surface area contributed by atoms with Gasteiger partial charge >= 0.3 is 0 Å². The molecule has 2 nitrogen and oxygen atoms in total. The van der Waals surface area contributed by atoms with E-state index in [0.29, 0.717) is 5.75 Å². The summed E-state index contributed by atoms with van der Waals surface area (Å²) in [5.74, 6) is 0.351. The zero-order valence-corrected chi connectivity index (χ0v) is 18.9. The largest absolute Gasteiger partial charge is 0.508 e. The van der Waals surface area contributed by atoms with Crippen LogP contribution in [0.3, 0.4) is 0 Å². The fourth-order valence-corrected chi connectivity index (χ4v) is 2.52. The van der Waals surface area contributed by atoms with Crippen LogP contribution < -0.4 is 5.73 Å². The van der Waals surface area contributed by atoms with Gasteiger partial charge in [-0.15, -0.1) is 12.3 Å². The van der Waals surface area contributed by atoms with Crippen LogP contribution in [0.2, 0.25) is 0 Å². The predicted octanol–water partition coefficient (Wildman–Crippen LogP) is 7.61. The molecule has 0 heterocycles. The first-order valence-electron chi connectivity index (χ1n) is 10.1. The first-order chi connectivity index (χ1) is 14.9. The number of nitrogen functional groups attached to an aromatic ring is 1. The van der Waals surface area contributed by atoms with Gasteiger partial charge in [-0.05, 0) is 71.9 Å². The number of benzene rings is 2. The van der Waals surface area contributed by atoms with E-state index in [4.69, 9.17) is 5.73 Å². The van der Waals surface area contributed by atoms with E-state index in [1.54, 1.807) is 24.3 Å². The summed E-state index contributed by atoms with van der Waals surface area (Å²) in [6.45, 7) is 22.1. The lowest BCUT2D eigenvalue weighted by Crippen LogP contribution is -1.90. The number of phenols is 1. The summed E-state index contributed by atoms with van der Waals surface area (Å²) in [6.07, 6.45) is 10.5. The first-order valence-corrected chi connectivity index (χ1v) is 10.1. The molecule has 0 saturated heterocycles. The van der Waals surface area contributed by atoms with Crippen LogP contribution in [-0.2, 0) is 12.8 Å². The number of nitrogens with two attached hydrogens (primary N) is 1. The molecule has 3 N–H and O–H groups in total. The molecule has 162 valence electrons. The highest BCUT2D eigenvalue weighted by molar-refractivity contribution is 5.77. The van der Waals surface area contributed by atoms with Crippen molar-refractivity contribution in [2.45, 2.75) is 26.7 Å². The third kappa shape index (κ3) is 10.6. The Morgan fingerprint density at radius 3 is 2.23 bits per heavy atom. The van der Waals surface area contributed by atoms with Crippen molar-refractivity contribution >= 4 is 11.3 Å². The molecule has 0 fully saturated rings. The minimum Gasteiger partial charge on any atom is -0.508 e. The predicted molar refractivity (Wildman–Crippen MR) is 139 cm³/mol. The Balaban J connectivity index is 0.000000509. The fraction of sp³-hybridized carbons (Fsp3) is 0.138. The monoisotopic (exact) mass is 413 g/mol. The summed E-state index contributed by atoms with van der Waals surface area (Å²) in [7, 11) is 0. The van der Waals surface area contributed by atoms with Crippen LogP contribution in [0.4, 0.5) is 5.69 Å². The Labute approximate surface area is 188 Å². The van der Waals surface area contributed by atoms with Crippen molar-refractivity contribution in [1.29, 1.82) is 0 Å². The van der Waals surface area contributed by atoms with Gasteiger partial charge in [-0.1, -0.05) is 81.8 Å². The molecule has 0 aliphatic heterocycles. The number of allylic oxidation sites excluding steroid dienone is 7. The molecule has 2 heteroatoms. The average Bonchev–Trinajstić information content (AvgIpc) is 2.77. The van der Waals surface area contributed by atoms with Gasteiger partial charge in [0, 0.05) is 5.69 Å². The van der Waals surface area contributed by atoms with E-state index in [2.05, 4.69) is 38.6 Å². The maximum atomic E-state index is 9.60. The lowest BCUT2D eigenvalue weighted by Gasteiger charge is -2.09. The molecule has 0 saturated carbocycles. The van der Waals surface area contributed by atoms with E-state index < -0.39 is 0 Å². The minimum atomic E-state index is 0.351. The molecule has 0 unspecified atom stereocenters. The normalized spacial score (nSPS) is 9.55. The van der Waals surface area contributed by atoms with Gasteiger partial charge in [-0.25, -0.2) is 0 Å². The molecule has 0 aliphatic rings. The number of rotatable bonds is 7. The van der Waals surface area contributed by atoms with Crippen molar-refractivity contribution < 1.29 is 5.11 Å². The van der Waals surface area contributed by atoms with Crippen LogP contribution >= 0.6 is 0 Å². The van der Waals surface area contributed by atoms with Gasteiger partial charge < -0.3 is 10.8 Å². The van der Waals surface area contributed by atoms with Crippen LogP contribution in [0.5, 0.6) is 5.75 Å². The molecular weight excluding hydrogens is 378 g/mol. The molecule has 2 rings (SSSR count). The van der Waals surface area contributed by atoms with Crippen LogP contribution in [0.1, 0.15) is 30.5 Å². The highest BCUT2D eigenvalue weighted by Crippen LogP contribution is 2.26. The van der Waals surface area contributed by atoms with Gasteiger partial charge in [0.25, 0.3) is 0 Å². The van der Waals surface area contributed by atoms with Crippen molar-refractivity contribution in [1.82, 2.24) is 0 Å². The molecule has 0 atom stereocenters. The van der Waals surface area contributed by atoms with Gasteiger partial charge in [0.2, 0.25) is 0 Å². The topological polar surface area (TPSA) is 46.2 Å². The molecule has 0 amide bonds. The van der Waals surface area contributed by atoms with Crippen molar-refractivity contribution in [3.05, 3.63) is 134 Å². The molecule has 0 spiro atoms. The SMILES string of the molecule is C=C/C=C(\C)C(=C)c1ccc(O)c(CC)c1.C=C=CC=C.C=CCc1ccccc1N. The molecule has 31 heavy (non-hydrogen) atoms. The van der Waals surface area contributed by atoms with Crippen LogP contribution in [0, 0.1) is 0 Å². The Kier molecular flexibility index (Phi) is 14.2. The summed E-state index contributed by atoms with van der Waals surface area (Å²) < 4.78 is 0. The van der Waals surface area contributed by atoms with Gasteiger partial charge in [0.15, 0.2) is 0 Å². The van der Waals surface area contributed by atoms with Crippen LogP contribution in [0.25, 0.3) is 5.57 Å². The summed E-state index contributed by atoms with van der Waals surface area (Å²) in [4.78, 5) is 0. The van der Waals surface area contributed by atoms with E-state index in [1.165, 1.54) is 0 Å². The number of para-hydroxylation sites is 1. The second-order valence-electron chi connectivity index (χ2n) is 6.56. The van der Waals surface area contributed by atoms with Crippen molar-refractivity contribution in [3.8, 4) is 5.75 Å². The van der Waals surface area contributed by atoms with Gasteiger partial charge in [-0.2, -0.15) is 0 Å². The van der Waals surface area contributed by atoms with Crippen molar-refractivity contribution in [2.75, 3.05) is 5.73 Å². The number of aryl methyl sites for hydroxylation is 1. The second-order valence-corrected chi connectivity index (χ2v) is 6.56. The highest BCUT2D eigenvalue weighted by atomic mass is 16.3.